The van der Waals surface area contributed by atoms with Gasteiger partial charge in [0, 0.05) is 62.2 Å². The van der Waals surface area contributed by atoms with E-state index in [2.05, 4.69) is 30.9 Å². The molecule has 0 atom stereocenters. The molecule has 0 N–H and O–H groups in total. The summed E-state index contributed by atoms with van der Waals surface area (Å²) in [6.07, 6.45) is 6.90. The fourth-order valence-electron chi connectivity index (χ4n) is 2.72. The Morgan fingerprint density at radius 2 is 2.04 bits per heavy atom. The van der Waals surface area contributed by atoms with Gasteiger partial charge in [-0.1, -0.05) is 0 Å². The number of amides is 1. The van der Waals surface area contributed by atoms with Gasteiger partial charge in [-0.05, 0) is 40.5 Å². The first kappa shape index (κ1) is 16.0. The number of nitrogens with zero attached hydrogens (tertiary/aromatic N) is 5. The van der Waals surface area contributed by atoms with Crippen LogP contribution in [0.2, 0.25) is 0 Å². The summed E-state index contributed by atoms with van der Waals surface area (Å²) >= 11 is 3.40. The Hall–Kier alpha value is -1.89. The van der Waals surface area contributed by atoms with Gasteiger partial charge in [-0.3, -0.25) is 9.48 Å². The Kier molecular flexibility index (Phi) is 5.27. The van der Waals surface area contributed by atoms with E-state index in [-0.39, 0.29) is 5.91 Å². The Morgan fingerprint density at radius 1 is 1.22 bits per heavy atom. The predicted octanol–water partition coefficient (Wildman–Crippen LogP) is 2.17. The van der Waals surface area contributed by atoms with E-state index in [9.17, 15) is 4.79 Å². The highest BCUT2D eigenvalue weighted by molar-refractivity contribution is 9.10. The second kappa shape index (κ2) is 7.59. The maximum atomic E-state index is 12.3. The van der Waals surface area contributed by atoms with Crippen LogP contribution in [0.4, 0.5) is 5.82 Å². The lowest BCUT2D eigenvalue weighted by atomic mass is 10.2. The van der Waals surface area contributed by atoms with Crippen LogP contribution in [0.25, 0.3) is 0 Å². The second-order valence-electron chi connectivity index (χ2n) is 5.58. The number of piperazine rings is 1. The van der Waals surface area contributed by atoms with Gasteiger partial charge in [-0.15, -0.1) is 0 Å². The fourth-order valence-corrected chi connectivity index (χ4v) is 2.96. The third-order valence-corrected chi connectivity index (χ3v) is 4.47. The maximum Gasteiger partial charge on any atom is 0.222 e. The van der Waals surface area contributed by atoms with Crippen molar-refractivity contribution in [3.05, 3.63) is 41.3 Å². The van der Waals surface area contributed by atoms with Crippen molar-refractivity contribution in [3.8, 4) is 0 Å². The van der Waals surface area contributed by atoms with Gasteiger partial charge < -0.3 is 9.80 Å². The van der Waals surface area contributed by atoms with Crippen LogP contribution in [0.3, 0.4) is 0 Å². The van der Waals surface area contributed by atoms with Crippen molar-refractivity contribution in [3.63, 3.8) is 0 Å². The van der Waals surface area contributed by atoms with Crippen LogP contribution in [0.5, 0.6) is 0 Å². The molecule has 0 spiro atoms. The topological polar surface area (TPSA) is 54.3 Å². The van der Waals surface area contributed by atoms with E-state index in [1.54, 1.807) is 6.20 Å². The van der Waals surface area contributed by atoms with E-state index in [0.29, 0.717) is 6.42 Å². The molecule has 1 aliphatic heterocycles. The quantitative estimate of drug-likeness (QED) is 0.800. The molecule has 0 aliphatic carbocycles. The lowest BCUT2D eigenvalue weighted by Gasteiger charge is -2.35. The zero-order valence-electron chi connectivity index (χ0n) is 12.9. The van der Waals surface area contributed by atoms with Crippen LogP contribution in [-0.4, -0.2) is 51.8 Å². The van der Waals surface area contributed by atoms with Crippen molar-refractivity contribution < 1.29 is 4.79 Å². The summed E-state index contributed by atoms with van der Waals surface area (Å²) in [7, 11) is 0. The standard InChI is InChI=1S/C16H20BrN5O/c17-14-4-5-15(18-13-14)20-9-11-21(12-10-20)16(23)3-1-7-22-8-2-6-19-22/h2,4-6,8,13H,1,3,7,9-12H2. The number of rotatable bonds is 5. The molecule has 1 aliphatic rings. The summed E-state index contributed by atoms with van der Waals surface area (Å²) in [4.78, 5) is 20.9. The summed E-state index contributed by atoms with van der Waals surface area (Å²) in [5.41, 5.74) is 0. The van der Waals surface area contributed by atoms with E-state index >= 15 is 0 Å². The van der Waals surface area contributed by atoms with Gasteiger partial charge >= 0.3 is 0 Å². The van der Waals surface area contributed by atoms with Crippen molar-refractivity contribution in [2.45, 2.75) is 19.4 Å². The summed E-state index contributed by atoms with van der Waals surface area (Å²) < 4.78 is 2.84. The van der Waals surface area contributed by atoms with Crippen LogP contribution in [0, 0.1) is 0 Å². The third-order valence-electron chi connectivity index (χ3n) is 4.01. The minimum Gasteiger partial charge on any atom is -0.353 e. The highest BCUT2D eigenvalue weighted by Gasteiger charge is 2.21. The van der Waals surface area contributed by atoms with Crippen molar-refractivity contribution in [1.82, 2.24) is 19.7 Å². The fraction of sp³-hybridized carbons (Fsp3) is 0.438. The Labute approximate surface area is 144 Å². The van der Waals surface area contributed by atoms with Gasteiger partial charge in [-0.25, -0.2) is 4.98 Å². The molecule has 2 aromatic heterocycles. The number of hydrogen-bond donors (Lipinski definition) is 0. The molecule has 0 aromatic carbocycles. The van der Waals surface area contributed by atoms with Crippen LogP contribution >= 0.6 is 15.9 Å². The molecule has 0 unspecified atom stereocenters. The second-order valence-corrected chi connectivity index (χ2v) is 6.49. The molecule has 122 valence electrons. The number of pyridine rings is 1. The molecule has 6 nitrogen and oxygen atoms in total. The normalized spacial score (nSPS) is 15.0. The smallest absolute Gasteiger partial charge is 0.222 e. The molecule has 0 bridgehead atoms. The first-order valence-corrected chi connectivity index (χ1v) is 8.63. The van der Waals surface area contributed by atoms with E-state index in [1.807, 2.05) is 40.2 Å². The van der Waals surface area contributed by atoms with Crippen molar-refractivity contribution in [2.75, 3.05) is 31.1 Å². The summed E-state index contributed by atoms with van der Waals surface area (Å²) in [6.45, 7) is 3.98. The van der Waals surface area contributed by atoms with Crippen LogP contribution in [0.15, 0.2) is 41.3 Å². The number of anilines is 1. The van der Waals surface area contributed by atoms with Gasteiger partial charge in [0.25, 0.3) is 0 Å². The average Bonchev–Trinajstić information content (AvgIpc) is 3.09. The molecule has 2 aromatic rings. The van der Waals surface area contributed by atoms with Gasteiger partial charge in [0.05, 0.1) is 0 Å². The van der Waals surface area contributed by atoms with Gasteiger partial charge in [-0.2, -0.15) is 5.10 Å². The first-order valence-electron chi connectivity index (χ1n) is 7.84. The molecule has 3 rings (SSSR count). The molecule has 1 fully saturated rings. The average molecular weight is 378 g/mol. The highest BCUT2D eigenvalue weighted by atomic mass is 79.9. The van der Waals surface area contributed by atoms with E-state index in [1.165, 1.54) is 0 Å². The monoisotopic (exact) mass is 377 g/mol. The molecule has 0 radical (unpaired) electrons. The molecular weight excluding hydrogens is 358 g/mol. The molecule has 7 heteroatoms. The molecule has 3 heterocycles. The Balaban J connectivity index is 1.43. The number of halogens is 1. The number of carbonyl (C=O) groups is 1. The van der Waals surface area contributed by atoms with Crippen LogP contribution in [-0.2, 0) is 11.3 Å². The Morgan fingerprint density at radius 3 is 2.70 bits per heavy atom. The predicted molar refractivity (Wildman–Crippen MR) is 92.2 cm³/mol. The summed E-state index contributed by atoms with van der Waals surface area (Å²) in [5, 5.41) is 4.15. The van der Waals surface area contributed by atoms with Crippen molar-refractivity contribution in [2.24, 2.45) is 0 Å². The van der Waals surface area contributed by atoms with E-state index in [4.69, 9.17) is 0 Å². The maximum absolute atomic E-state index is 12.3. The van der Waals surface area contributed by atoms with Crippen molar-refractivity contribution in [1.29, 1.82) is 0 Å². The highest BCUT2D eigenvalue weighted by Crippen LogP contribution is 2.17. The minimum atomic E-state index is 0.237. The van der Waals surface area contributed by atoms with Crippen LogP contribution in [0.1, 0.15) is 12.8 Å². The van der Waals surface area contributed by atoms with Gasteiger partial charge in [0.2, 0.25) is 5.91 Å². The largest absolute Gasteiger partial charge is 0.353 e. The third kappa shape index (κ3) is 4.31. The first-order chi connectivity index (χ1) is 11.2. The van der Waals surface area contributed by atoms with E-state index in [0.717, 1.165) is 49.4 Å². The SMILES string of the molecule is O=C(CCCn1cccn1)N1CCN(c2ccc(Br)cn2)CC1. The zero-order valence-corrected chi connectivity index (χ0v) is 14.5. The lowest BCUT2D eigenvalue weighted by molar-refractivity contribution is -0.131. The number of hydrogen-bond acceptors (Lipinski definition) is 4. The molecule has 23 heavy (non-hydrogen) atoms. The summed E-state index contributed by atoms with van der Waals surface area (Å²) in [5.74, 6) is 1.21. The van der Waals surface area contributed by atoms with Crippen molar-refractivity contribution >= 4 is 27.7 Å². The molecular formula is C16H20BrN5O. The number of carbonyl (C=O) groups excluding carboxylic acids is 1. The lowest BCUT2D eigenvalue weighted by Crippen LogP contribution is -2.49. The number of aryl methyl sites for hydroxylation is 1. The Bertz CT molecular complexity index is 620. The molecule has 0 saturated carbocycles. The van der Waals surface area contributed by atoms with Gasteiger partial charge in [0.15, 0.2) is 0 Å². The zero-order chi connectivity index (χ0) is 16.1. The van der Waals surface area contributed by atoms with Crippen LogP contribution < -0.4 is 4.90 Å². The molecule has 1 amide bonds. The summed E-state index contributed by atoms with van der Waals surface area (Å²) in [6, 6.07) is 5.90. The number of aromatic nitrogens is 3. The van der Waals surface area contributed by atoms with E-state index < -0.39 is 0 Å². The minimum absolute atomic E-state index is 0.237. The van der Waals surface area contributed by atoms with Gasteiger partial charge in [0.1, 0.15) is 5.82 Å². The molecule has 1 saturated heterocycles.